The van der Waals surface area contributed by atoms with Crippen molar-refractivity contribution in [3.8, 4) is 0 Å². The summed E-state index contributed by atoms with van der Waals surface area (Å²) in [5.41, 5.74) is 7.22. The molecule has 0 fully saturated rings. The van der Waals surface area contributed by atoms with Crippen molar-refractivity contribution in [1.82, 2.24) is 0 Å². The lowest BCUT2D eigenvalue weighted by Crippen LogP contribution is -2.19. The quantitative estimate of drug-likeness (QED) is 0.791. The Bertz CT molecular complexity index is 816. The Hall–Kier alpha value is -0.860. The van der Waals surface area contributed by atoms with Crippen LogP contribution in [-0.4, -0.2) is 13.4 Å². The average molecular weight is 381 g/mol. The Morgan fingerprint density at radius 3 is 2.57 bits per heavy atom. The van der Waals surface area contributed by atoms with Crippen molar-refractivity contribution in [3.63, 3.8) is 0 Å². The van der Waals surface area contributed by atoms with Gasteiger partial charge < -0.3 is 5.73 Å². The molecule has 0 aliphatic carbocycles. The summed E-state index contributed by atoms with van der Waals surface area (Å²) in [4.78, 5) is 0.0369. The summed E-state index contributed by atoms with van der Waals surface area (Å²) >= 11 is 17.6. The first-order valence-corrected chi connectivity index (χ1v) is 9.06. The fourth-order valence-electron chi connectivity index (χ4n) is 1.79. The minimum atomic E-state index is -3.87. The van der Waals surface area contributed by atoms with Gasteiger partial charge in [0.2, 0.25) is 0 Å². The van der Waals surface area contributed by atoms with Crippen LogP contribution in [0.25, 0.3) is 0 Å². The van der Waals surface area contributed by atoms with E-state index in [4.69, 9.17) is 41.2 Å². The van der Waals surface area contributed by atoms with E-state index in [0.29, 0.717) is 15.6 Å². The molecule has 0 saturated heterocycles. The maximum Gasteiger partial charge on any atom is 0.264 e. The number of rotatable bonds is 4. The fourth-order valence-corrected chi connectivity index (χ4v) is 5.28. The van der Waals surface area contributed by atoms with Gasteiger partial charge in [0, 0.05) is 5.56 Å². The summed E-state index contributed by atoms with van der Waals surface area (Å²) in [6.45, 7) is 1.79. The number of benzene rings is 1. The van der Waals surface area contributed by atoms with Crippen LogP contribution in [0.4, 0.5) is 5.69 Å². The fraction of sp³-hybridized carbons (Fsp3) is 0.0833. The first kappa shape index (κ1) is 16.5. The molecule has 1 heterocycles. The van der Waals surface area contributed by atoms with Crippen LogP contribution in [0.3, 0.4) is 0 Å². The molecular formula is C12H10Cl2N2O2S3. The summed E-state index contributed by atoms with van der Waals surface area (Å²) in [5.74, 6) is 0. The second-order valence-corrected chi connectivity index (χ2v) is 8.53. The maximum absolute atomic E-state index is 12.4. The van der Waals surface area contributed by atoms with Gasteiger partial charge in [-0.1, -0.05) is 47.6 Å². The standard InChI is InChI=1S/C12H10Cl2N2O2S3/c1-6-3-2-4-7(10(6)12(15)19)16-21(17,18)8-5-9(13)20-11(8)14/h2-5,16H,1H3,(H2,15,19). The highest BCUT2D eigenvalue weighted by atomic mass is 35.5. The number of nitrogens with two attached hydrogens (primary N) is 1. The third kappa shape index (κ3) is 3.49. The molecule has 1 aromatic heterocycles. The third-order valence-electron chi connectivity index (χ3n) is 2.68. The molecule has 3 N–H and O–H groups in total. The topological polar surface area (TPSA) is 72.2 Å². The Morgan fingerprint density at radius 2 is 2.05 bits per heavy atom. The number of aryl methyl sites for hydroxylation is 1. The molecule has 0 atom stereocenters. The van der Waals surface area contributed by atoms with Crippen molar-refractivity contribution in [1.29, 1.82) is 0 Å². The molecule has 21 heavy (non-hydrogen) atoms. The van der Waals surface area contributed by atoms with E-state index in [1.807, 2.05) is 0 Å². The number of sulfonamides is 1. The molecule has 0 radical (unpaired) electrons. The Morgan fingerprint density at radius 1 is 1.38 bits per heavy atom. The monoisotopic (exact) mass is 380 g/mol. The average Bonchev–Trinajstić information content (AvgIpc) is 2.68. The van der Waals surface area contributed by atoms with E-state index < -0.39 is 10.0 Å². The maximum atomic E-state index is 12.4. The molecule has 2 rings (SSSR count). The van der Waals surface area contributed by atoms with E-state index in [-0.39, 0.29) is 14.2 Å². The second-order valence-electron chi connectivity index (χ2n) is 4.16. The normalized spacial score (nSPS) is 11.4. The number of halogens is 2. The predicted molar refractivity (Wildman–Crippen MR) is 92.2 cm³/mol. The Balaban J connectivity index is 2.50. The van der Waals surface area contributed by atoms with Gasteiger partial charge in [0.15, 0.2) is 0 Å². The zero-order valence-electron chi connectivity index (χ0n) is 10.7. The summed E-state index contributed by atoms with van der Waals surface area (Å²) in [5, 5.41) is 0. The first-order valence-electron chi connectivity index (χ1n) is 5.59. The molecule has 0 bridgehead atoms. The number of thiophene rings is 1. The SMILES string of the molecule is Cc1cccc(NS(=O)(=O)c2cc(Cl)sc2Cl)c1C(N)=S. The third-order valence-corrected chi connectivity index (χ3v) is 6.00. The highest BCUT2D eigenvalue weighted by molar-refractivity contribution is 7.93. The number of hydrogen-bond acceptors (Lipinski definition) is 4. The van der Waals surface area contributed by atoms with Crippen LogP contribution in [0.15, 0.2) is 29.2 Å². The van der Waals surface area contributed by atoms with E-state index >= 15 is 0 Å². The van der Waals surface area contributed by atoms with Crippen LogP contribution in [0.2, 0.25) is 8.67 Å². The molecule has 0 saturated carbocycles. The van der Waals surface area contributed by atoms with Gasteiger partial charge in [0.05, 0.1) is 10.0 Å². The molecule has 0 amide bonds. The van der Waals surface area contributed by atoms with Gasteiger partial charge in [-0.15, -0.1) is 11.3 Å². The molecule has 2 aromatic rings. The van der Waals surface area contributed by atoms with Gasteiger partial charge in [0.25, 0.3) is 10.0 Å². The lowest BCUT2D eigenvalue weighted by Gasteiger charge is -2.13. The van der Waals surface area contributed by atoms with Gasteiger partial charge >= 0.3 is 0 Å². The van der Waals surface area contributed by atoms with Crippen LogP contribution in [0.1, 0.15) is 11.1 Å². The molecule has 0 unspecified atom stereocenters. The smallest absolute Gasteiger partial charge is 0.264 e. The van der Waals surface area contributed by atoms with E-state index in [0.717, 1.165) is 16.9 Å². The molecule has 1 aromatic carbocycles. The van der Waals surface area contributed by atoms with Crippen LogP contribution in [-0.2, 0) is 10.0 Å². The van der Waals surface area contributed by atoms with Gasteiger partial charge in [0.1, 0.15) is 14.2 Å². The van der Waals surface area contributed by atoms with Crippen LogP contribution >= 0.6 is 46.8 Å². The minimum absolute atomic E-state index is 0.0745. The molecule has 0 aliphatic heterocycles. The molecule has 4 nitrogen and oxygen atoms in total. The van der Waals surface area contributed by atoms with E-state index in [1.54, 1.807) is 25.1 Å². The minimum Gasteiger partial charge on any atom is -0.389 e. The molecule has 9 heteroatoms. The Labute approximate surface area is 141 Å². The summed E-state index contributed by atoms with van der Waals surface area (Å²) in [6, 6.07) is 6.38. The largest absolute Gasteiger partial charge is 0.389 e. The number of thiocarbonyl (C=S) groups is 1. The first-order chi connectivity index (χ1) is 9.72. The lowest BCUT2D eigenvalue weighted by atomic mass is 10.1. The molecule has 0 spiro atoms. The highest BCUT2D eigenvalue weighted by Crippen LogP contribution is 2.35. The van der Waals surface area contributed by atoms with Crippen molar-refractivity contribution in [2.24, 2.45) is 5.73 Å². The molecule has 112 valence electrons. The second kappa shape index (κ2) is 6.10. The van der Waals surface area contributed by atoms with E-state index in [2.05, 4.69) is 4.72 Å². The Kier molecular flexibility index (Phi) is 4.79. The summed E-state index contributed by atoms with van der Waals surface area (Å²) < 4.78 is 27.6. The summed E-state index contributed by atoms with van der Waals surface area (Å²) in [7, 11) is -3.87. The van der Waals surface area contributed by atoms with Crippen molar-refractivity contribution in [2.75, 3.05) is 4.72 Å². The number of hydrogen-bond donors (Lipinski definition) is 2. The van der Waals surface area contributed by atoms with E-state index in [9.17, 15) is 8.42 Å². The number of nitrogens with one attached hydrogen (secondary N) is 1. The van der Waals surface area contributed by atoms with Gasteiger partial charge in [-0.2, -0.15) is 0 Å². The van der Waals surface area contributed by atoms with E-state index in [1.165, 1.54) is 6.07 Å². The zero-order chi connectivity index (χ0) is 15.8. The van der Waals surface area contributed by atoms with Crippen molar-refractivity contribution in [3.05, 3.63) is 44.1 Å². The molecular weight excluding hydrogens is 371 g/mol. The number of anilines is 1. The van der Waals surface area contributed by atoms with Crippen molar-refractivity contribution < 1.29 is 8.42 Å². The van der Waals surface area contributed by atoms with Crippen molar-refractivity contribution in [2.45, 2.75) is 11.8 Å². The van der Waals surface area contributed by atoms with Crippen molar-refractivity contribution >= 4 is 67.5 Å². The van der Waals surface area contributed by atoms with Gasteiger partial charge in [-0.05, 0) is 24.6 Å². The van der Waals surface area contributed by atoms with Gasteiger partial charge in [-0.25, -0.2) is 8.42 Å². The molecule has 0 aliphatic rings. The summed E-state index contributed by atoms with van der Waals surface area (Å²) in [6.07, 6.45) is 0. The highest BCUT2D eigenvalue weighted by Gasteiger charge is 2.22. The van der Waals surface area contributed by atoms with Crippen LogP contribution in [0.5, 0.6) is 0 Å². The zero-order valence-corrected chi connectivity index (χ0v) is 14.6. The van der Waals surface area contributed by atoms with Gasteiger partial charge in [-0.3, -0.25) is 4.72 Å². The van der Waals surface area contributed by atoms with Crippen LogP contribution < -0.4 is 10.5 Å². The lowest BCUT2D eigenvalue weighted by molar-refractivity contribution is 0.601. The predicted octanol–water partition coefficient (Wildman–Crippen LogP) is 3.80. The van der Waals surface area contributed by atoms with Crippen LogP contribution in [0, 0.1) is 6.92 Å².